The molecule has 1 aromatic rings. The Bertz CT molecular complexity index is 444. The lowest BCUT2D eigenvalue weighted by atomic mass is 10.2. The van der Waals surface area contributed by atoms with E-state index >= 15 is 0 Å². The molecule has 6 heteroatoms. The predicted molar refractivity (Wildman–Crippen MR) is 68.3 cm³/mol. The molecule has 0 spiro atoms. The Morgan fingerprint density at radius 2 is 1.94 bits per heavy atom. The van der Waals surface area contributed by atoms with Crippen molar-refractivity contribution >= 4 is 43.5 Å². The molecule has 1 aromatic carbocycles. The lowest BCUT2D eigenvalue weighted by molar-refractivity contribution is -0.117. The van der Waals surface area contributed by atoms with Gasteiger partial charge < -0.3 is 4.90 Å². The minimum atomic E-state index is -0.722. The maximum absolute atomic E-state index is 13.7. The summed E-state index contributed by atoms with van der Waals surface area (Å²) in [5.41, 5.74) is -0.248. The lowest BCUT2D eigenvalue weighted by Gasteiger charge is -2.18. The summed E-state index contributed by atoms with van der Waals surface area (Å²) in [4.78, 5) is 12.9. The second-order valence-electron chi connectivity index (χ2n) is 3.95. The standard InChI is InChI=1S/C11H9Br2F2NO/c12-4-6-1-10(17)16(5-6)11-8(14)2-7(13)3-9(11)15/h2-3,6H,1,4-5H2. The highest BCUT2D eigenvalue weighted by Gasteiger charge is 2.33. The zero-order valence-electron chi connectivity index (χ0n) is 8.72. The fourth-order valence-corrected chi connectivity index (χ4v) is 2.73. The van der Waals surface area contributed by atoms with Crippen molar-refractivity contribution < 1.29 is 13.6 Å². The van der Waals surface area contributed by atoms with E-state index in [0.717, 1.165) is 12.1 Å². The van der Waals surface area contributed by atoms with Crippen molar-refractivity contribution in [1.82, 2.24) is 0 Å². The summed E-state index contributed by atoms with van der Waals surface area (Å²) in [6.07, 6.45) is 0.320. The van der Waals surface area contributed by atoms with Crippen LogP contribution in [0.5, 0.6) is 0 Å². The predicted octanol–water partition coefficient (Wildman–Crippen LogP) is 3.48. The van der Waals surface area contributed by atoms with Crippen LogP contribution in [0.2, 0.25) is 0 Å². The Morgan fingerprint density at radius 1 is 1.35 bits per heavy atom. The summed E-state index contributed by atoms with van der Waals surface area (Å²) in [6, 6.07) is 2.32. The summed E-state index contributed by atoms with van der Waals surface area (Å²) < 4.78 is 27.7. The Kier molecular flexibility index (Phi) is 3.82. The van der Waals surface area contributed by atoms with Crippen LogP contribution < -0.4 is 4.90 Å². The highest BCUT2D eigenvalue weighted by Crippen LogP contribution is 2.32. The average Bonchev–Trinajstić information content (AvgIpc) is 2.59. The second-order valence-corrected chi connectivity index (χ2v) is 5.51. The molecule has 0 N–H and O–H groups in total. The van der Waals surface area contributed by atoms with Gasteiger partial charge in [-0.15, -0.1) is 0 Å². The molecule has 2 rings (SSSR count). The topological polar surface area (TPSA) is 20.3 Å². The number of anilines is 1. The van der Waals surface area contributed by atoms with Crippen LogP contribution in [0.3, 0.4) is 0 Å². The molecular formula is C11H9Br2F2NO. The molecule has 0 saturated carbocycles. The van der Waals surface area contributed by atoms with E-state index in [1.807, 2.05) is 0 Å². The van der Waals surface area contributed by atoms with Gasteiger partial charge in [-0.25, -0.2) is 8.78 Å². The number of hydrogen-bond donors (Lipinski definition) is 0. The van der Waals surface area contributed by atoms with Gasteiger partial charge in [-0.1, -0.05) is 31.9 Å². The molecule has 1 atom stereocenters. The number of hydrogen-bond acceptors (Lipinski definition) is 1. The first-order chi connectivity index (χ1) is 8.02. The van der Waals surface area contributed by atoms with Crippen LogP contribution in [0.25, 0.3) is 0 Å². The van der Waals surface area contributed by atoms with Crippen molar-refractivity contribution in [2.75, 3.05) is 16.8 Å². The number of alkyl halides is 1. The van der Waals surface area contributed by atoms with Gasteiger partial charge >= 0.3 is 0 Å². The largest absolute Gasteiger partial charge is 0.307 e. The number of nitrogens with zero attached hydrogens (tertiary/aromatic N) is 1. The molecule has 1 fully saturated rings. The minimum Gasteiger partial charge on any atom is -0.307 e. The molecule has 0 radical (unpaired) electrons. The summed E-state index contributed by atoms with van der Waals surface area (Å²) in [6.45, 7) is 0.347. The number of carbonyl (C=O) groups excluding carboxylic acids is 1. The van der Waals surface area contributed by atoms with Gasteiger partial charge in [-0.05, 0) is 18.1 Å². The van der Waals surface area contributed by atoms with E-state index in [1.165, 1.54) is 4.90 Å². The van der Waals surface area contributed by atoms with Crippen LogP contribution in [0.15, 0.2) is 16.6 Å². The summed E-state index contributed by atoms with van der Waals surface area (Å²) in [7, 11) is 0. The van der Waals surface area contributed by atoms with E-state index in [2.05, 4.69) is 31.9 Å². The Hall–Kier alpha value is -0.490. The number of benzene rings is 1. The van der Waals surface area contributed by atoms with Gasteiger partial charge in [0.2, 0.25) is 5.91 Å². The van der Waals surface area contributed by atoms with Crippen LogP contribution in [-0.2, 0) is 4.79 Å². The summed E-state index contributed by atoms with van der Waals surface area (Å²) >= 11 is 6.28. The number of amides is 1. The van der Waals surface area contributed by atoms with E-state index in [4.69, 9.17) is 0 Å². The highest BCUT2D eigenvalue weighted by molar-refractivity contribution is 9.10. The van der Waals surface area contributed by atoms with Gasteiger partial charge in [-0.2, -0.15) is 0 Å². The summed E-state index contributed by atoms with van der Waals surface area (Å²) in [5, 5.41) is 0.648. The van der Waals surface area contributed by atoms with Gasteiger partial charge in [0, 0.05) is 22.8 Å². The smallest absolute Gasteiger partial charge is 0.227 e. The molecule has 1 heterocycles. The van der Waals surface area contributed by atoms with Gasteiger partial charge in [0.25, 0.3) is 0 Å². The molecule has 2 nitrogen and oxygen atoms in total. The third-order valence-electron chi connectivity index (χ3n) is 2.67. The zero-order chi connectivity index (χ0) is 12.6. The minimum absolute atomic E-state index is 0.102. The Balaban J connectivity index is 2.38. The molecule has 1 saturated heterocycles. The lowest BCUT2D eigenvalue weighted by Crippen LogP contribution is -2.26. The van der Waals surface area contributed by atoms with Gasteiger partial charge in [0.15, 0.2) is 11.6 Å². The molecule has 1 aliphatic rings. The molecule has 0 aliphatic carbocycles. The fraction of sp³-hybridized carbons (Fsp3) is 0.364. The molecule has 1 amide bonds. The Labute approximate surface area is 114 Å². The number of halogens is 4. The molecule has 1 unspecified atom stereocenters. The van der Waals surface area contributed by atoms with Crippen LogP contribution in [0.4, 0.5) is 14.5 Å². The first kappa shape index (κ1) is 13.0. The maximum Gasteiger partial charge on any atom is 0.227 e. The molecule has 0 aromatic heterocycles. The van der Waals surface area contributed by atoms with Crippen molar-refractivity contribution in [3.05, 3.63) is 28.2 Å². The third-order valence-corrected chi connectivity index (χ3v) is 4.05. The third kappa shape index (κ3) is 2.52. The molecule has 1 aliphatic heterocycles. The van der Waals surface area contributed by atoms with Gasteiger partial charge in [0.05, 0.1) is 0 Å². The van der Waals surface area contributed by atoms with Crippen molar-refractivity contribution in [3.63, 3.8) is 0 Å². The van der Waals surface area contributed by atoms with E-state index < -0.39 is 11.6 Å². The van der Waals surface area contributed by atoms with Crippen LogP contribution in [0, 0.1) is 17.6 Å². The van der Waals surface area contributed by atoms with E-state index in [9.17, 15) is 13.6 Å². The van der Waals surface area contributed by atoms with Crippen molar-refractivity contribution in [2.45, 2.75) is 6.42 Å². The summed E-state index contributed by atoms with van der Waals surface area (Å²) in [5.74, 6) is -1.58. The average molecular weight is 369 g/mol. The second kappa shape index (κ2) is 5.02. The van der Waals surface area contributed by atoms with Crippen molar-refractivity contribution in [1.29, 1.82) is 0 Å². The Morgan fingerprint density at radius 3 is 2.41 bits per heavy atom. The van der Waals surface area contributed by atoms with Crippen LogP contribution >= 0.6 is 31.9 Å². The zero-order valence-corrected chi connectivity index (χ0v) is 11.9. The number of rotatable bonds is 2. The highest BCUT2D eigenvalue weighted by atomic mass is 79.9. The molecule has 92 valence electrons. The number of carbonyl (C=O) groups is 1. The van der Waals surface area contributed by atoms with Crippen LogP contribution in [-0.4, -0.2) is 17.8 Å². The van der Waals surface area contributed by atoms with Crippen LogP contribution in [0.1, 0.15) is 6.42 Å². The molecule has 0 bridgehead atoms. The maximum atomic E-state index is 13.7. The van der Waals surface area contributed by atoms with E-state index in [0.29, 0.717) is 22.8 Å². The normalized spacial score (nSPS) is 20.1. The first-order valence-corrected chi connectivity index (χ1v) is 6.95. The SMILES string of the molecule is O=C1CC(CBr)CN1c1c(F)cc(Br)cc1F. The van der Waals surface area contributed by atoms with Gasteiger partial charge in [0.1, 0.15) is 5.69 Å². The quantitative estimate of drug-likeness (QED) is 0.732. The first-order valence-electron chi connectivity index (χ1n) is 5.03. The molecule has 17 heavy (non-hydrogen) atoms. The fourth-order valence-electron chi connectivity index (χ4n) is 1.89. The van der Waals surface area contributed by atoms with E-state index in [-0.39, 0.29) is 17.5 Å². The molecular weight excluding hydrogens is 360 g/mol. The van der Waals surface area contributed by atoms with Gasteiger partial charge in [-0.3, -0.25) is 4.79 Å². The van der Waals surface area contributed by atoms with Crippen molar-refractivity contribution in [3.8, 4) is 0 Å². The van der Waals surface area contributed by atoms with E-state index in [1.54, 1.807) is 0 Å². The monoisotopic (exact) mass is 367 g/mol. The van der Waals surface area contributed by atoms with Crippen molar-refractivity contribution in [2.24, 2.45) is 5.92 Å².